The third-order valence-electron chi connectivity index (χ3n) is 2.85. The Bertz CT molecular complexity index is 313. The minimum absolute atomic E-state index is 0.0671. The molecule has 6 heteroatoms. The molecular weight excluding hydrogens is 250 g/mol. The van der Waals surface area contributed by atoms with Crippen molar-refractivity contribution >= 4 is 12.4 Å². The molecule has 0 aromatic heterocycles. The van der Waals surface area contributed by atoms with E-state index in [1.165, 1.54) is 0 Å². The van der Waals surface area contributed by atoms with Gasteiger partial charge in [-0.15, -0.1) is 0 Å². The van der Waals surface area contributed by atoms with Crippen molar-refractivity contribution in [3.63, 3.8) is 0 Å². The Labute approximate surface area is 114 Å². The molecule has 110 valence electrons. The van der Waals surface area contributed by atoms with E-state index in [9.17, 15) is 9.59 Å². The van der Waals surface area contributed by atoms with E-state index in [1.807, 2.05) is 20.8 Å². The molecule has 0 aromatic carbocycles. The topological polar surface area (TPSA) is 65.1 Å². The monoisotopic (exact) mass is 273 g/mol. The summed E-state index contributed by atoms with van der Waals surface area (Å²) >= 11 is 0. The largest absolute Gasteiger partial charge is 0.444 e. The number of likely N-dealkylation sites (tertiary alicyclic amines) is 1. The summed E-state index contributed by atoms with van der Waals surface area (Å²) in [6.07, 6.45) is 0.286. The summed E-state index contributed by atoms with van der Waals surface area (Å²) in [5.74, 6) is 0.0671. The number of hydrogen-bond donors (Lipinski definition) is 0. The third-order valence-corrected chi connectivity index (χ3v) is 2.85. The van der Waals surface area contributed by atoms with E-state index < -0.39 is 5.60 Å². The molecule has 1 aliphatic heterocycles. The molecule has 0 aromatic rings. The lowest BCUT2D eigenvalue weighted by Gasteiger charge is -2.24. The van der Waals surface area contributed by atoms with Crippen LogP contribution in [0.15, 0.2) is 0 Å². The molecule has 6 nitrogen and oxygen atoms in total. The molecule has 0 spiro atoms. The van der Waals surface area contributed by atoms with Gasteiger partial charge in [0.25, 0.3) is 0 Å². The van der Waals surface area contributed by atoms with Crippen LogP contribution in [0.1, 0.15) is 20.8 Å². The van der Waals surface area contributed by atoms with E-state index in [4.69, 9.17) is 14.2 Å². The van der Waals surface area contributed by atoms with E-state index in [2.05, 4.69) is 0 Å². The predicted molar refractivity (Wildman–Crippen MR) is 69.0 cm³/mol. The Balaban J connectivity index is 2.50. The molecule has 0 radical (unpaired) electrons. The minimum Gasteiger partial charge on any atom is -0.444 e. The number of aldehydes is 1. The first-order chi connectivity index (χ1) is 8.87. The molecule has 1 amide bonds. The molecule has 0 saturated carbocycles. The van der Waals surface area contributed by atoms with Crippen LogP contribution in [0.5, 0.6) is 0 Å². The number of methoxy groups -OCH3 is 1. The maximum Gasteiger partial charge on any atom is 0.410 e. The second-order valence-corrected chi connectivity index (χ2v) is 5.62. The van der Waals surface area contributed by atoms with E-state index in [-0.39, 0.29) is 24.7 Å². The quantitative estimate of drug-likeness (QED) is 0.554. The first-order valence-corrected chi connectivity index (χ1v) is 6.39. The summed E-state index contributed by atoms with van der Waals surface area (Å²) in [6.45, 7) is 6.97. The number of carbonyl (C=O) groups is 2. The van der Waals surface area contributed by atoms with Crippen molar-refractivity contribution in [3.8, 4) is 0 Å². The van der Waals surface area contributed by atoms with E-state index in [1.54, 1.807) is 12.0 Å². The molecule has 1 heterocycles. The van der Waals surface area contributed by atoms with Crippen LogP contribution in [-0.4, -0.2) is 62.4 Å². The highest BCUT2D eigenvalue weighted by Gasteiger charge is 2.37. The zero-order chi connectivity index (χ0) is 14.5. The fourth-order valence-electron chi connectivity index (χ4n) is 2.01. The maximum absolute atomic E-state index is 11.9. The van der Waals surface area contributed by atoms with Crippen LogP contribution in [0.3, 0.4) is 0 Å². The van der Waals surface area contributed by atoms with Gasteiger partial charge in [0.05, 0.1) is 19.3 Å². The predicted octanol–water partition coefficient (Wildman–Crippen LogP) is 1.08. The van der Waals surface area contributed by atoms with Crippen LogP contribution in [0.4, 0.5) is 4.79 Å². The lowest BCUT2D eigenvalue weighted by Crippen LogP contribution is -2.36. The van der Waals surface area contributed by atoms with Crippen LogP contribution in [-0.2, 0) is 19.0 Å². The molecule has 1 saturated heterocycles. The van der Waals surface area contributed by atoms with Crippen molar-refractivity contribution in [2.24, 2.45) is 5.92 Å². The van der Waals surface area contributed by atoms with Crippen molar-refractivity contribution in [2.45, 2.75) is 32.5 Å². The van der Waals surface area contributed by atoms with Gasteiger partial charge in [0.2, 0.25) is 0 Å². The van der Waals surface area contributed by atoms with Crippen LogP contribution in [0.25, 0.3) is 0 Å². The first kappa shape index (κ1) is 15.9. The molecule has 0 aliphatic carbocycles. The zero-order valence-electron chi connectivity index (χ0n) is 12.0. The number of rotatable bonds is 5. The van der Waals surface area contributed by atoms with Gasteiger partial charge in [-0.3, -0.25) is 0 Å². The summed E-state index contributed by atoms with van der Waals surface area (Å²) in [5.41, 5.74) is -0.508. The molecule has 2 atom stereocenters. The smallest absolute Gasteiger partial charge is 0.410 e. The molecule has 1 fully saturated rings. The van der Waals surface area contributed by atoms with Crippen molar-refractivity contribution in [3.05, 3.63) is 0 Å². The van der Waals surface area contributed by atoms with Crippen molar-refractivity contribution in [2.75, 3.05) is 33.4 Å². The minimum atomic E-state index is -0.508. The average molecular weight is 273 g/mol. The summed E-state index contributed by atoms with van der Waals surface area (Å²) in [4.78, 5) is 23.8. The number of hydrogen-bond acceptors (Lipinski definition) is 5. The van der Waals surface area contributed by atoms with Crippen LogP contribution in [0.2, 0.25) is 0 Å². The highest BCUT2D eigenvalue weighted by Crippen LogP contribution is 2.22. The second-order valence-electron chi connectivity index (χ2n) is 5.62. The summed E-state index contributed by atoms with van der Waals surface area (Å²) < 4.78 is 15.9. The van der Waals surface area contributed by atoms with Crippen LogP contribution >= 0.6 is 0 Å². The second kappa shape index (κ2) is 6.86. The van der Waals surface area contributed by atoms with Gasteiger partial charge in [0, 0.05) is 19.6 Å². The van der Waals surface area contributed by atoms with Crippen molar-refractivity contribution < 1.29 is 23.8 Å². The third kappa shape index (κ3) is 5.16. The number of nitrogens with zero attached hydrogens (tertiary/aromatic N) is 1. The van der Waals surface area contributed by atoms with Crippen LogP contribution in [0, 0.1) is 5.92 Å². The van der Waals surface area contributed by atoms with Crippen LogP contribution < -0.4 is 0 Å². The van der Waals surface area contributed by atoms with Gasteiger partial charge in [-0.1, -0.05) is 0 Å². The van der Waals surface area contributed by atoms with Gasteiger partial charge in [0.15, 0.2) is 0 Å². The molecule has 0 unspecified atom stereocenters. The summed E-state index contributed by atoms with van der Waals surface area (Å²) in [6, 6.07) is 0. The number of ether oxygens (including phenoxy) is 3. The Hall–Kier alpha value is -1.14. The van der Waals surface area contributed by atoms with E-state index >= 15 is 0 Å². The lowest BCUT2D eigenvalue weighted by atomic mass is 10.1. The van der Waals surface area contributed by atoms with E-state index in [0.717, 1.165) is 0 Å². The van der Waals surface area contributed by atoms with Gasteiger partial charge in [-0.2, -0.15) is 0 Å². The molecule has 0 N–H and O–H groups in total. The van der Waals surface area contributed by atoms with Gasteiger partial charge in [-0.25, -0.2) is 4.79 Å². The first-order valence-electron chi connectivity index (χ1n) is 6.39. The number of carbonyl (C=O) groups excluding carboxylic acids is 2. The molecular formula is C13H23NO5. The molecule has 1 aliphatic rings. The Morgan fingerprint density at radius 2 is 2.05 bits per heavy atom. The molecule has 1 rings (SSSR count). The highest BCUT2D eigenvalue weighted by molar-refractivity contribution is 5.68. The average Bonchev–Trinajstić information content (AvgIpc) is 2.70. The zero-order valence-corrected chi connectivity index (χ0v) is 12.0. The van der Waals surface area contributed by atoms with Crippen molar-refractivity contribution in [1.29, 1.82) is 0 Å². The lowest BCUT2D eigenvalue weighted by molar-refractivity contribution is -0.112. The van der Waals surface area contributed by atoms with Crippen molar-refractivity contribution in [1.82, 2.24) is 4.90 Å². The standard InChI is InChI=1S/C13H23NO5/c1-13(2,3)19-12(16)14-7-10(9-18-6-5-15)11(8-14)17-4/h5,10-11H,6-9H2,1-4H3/t10-,11+/m0/s1. The summed E-state index contributed by atoms with van der Waals surface area (Å²) in [7, 11) is 1.61. The maximum atomic E-state index is 11.9. The molecule has 0 bridgehead atoms. The number of amides is 1. The van der Waals surface area contributed by atoms with Gasteiger partial charge in [-0.05, 0) is 20.8 Å². The summed E-state index contributed by atoms with van der Waals surface area (Å²) in [5, 5.41) is 0. The van der Waals surface area contributed by atoms with Gasteiger partial charge in [0.1, 0.15) is 18.5 Å². The Morgan fingerprint density at radius 3 is 2.58 bits per heavy atom. The van der Waals surface area contributed by atoms with Gasteiger partial charge >= 0.3 is 6.09 Å². The fraction of sp³-hybridized carbons (Fsp3) is 0.846. The Morgan fingerprint density at radius 1 is 1.37 bits per heavy atom. The fourth-order valence-corrected chi connectivity index (χ4v) is 2.01. The Kier molecular flexibility index (Phi) is 5.75. The SMILES string of the molecule is CO[C@@H]1CN(C(=O)OC(C)(C)C)C[C@H]1COCC=O. The van der Waals surface area contributed by atoms with Gasteiger partial charge < -0.3 is 23.9 Å². The molecule has 19 heavy (non-hydrogen) atoms. The van der Waals surface area contributed by atoms with E-state index in [0.29, 0.717) is 26.0 Å². The highest BCUT2D eigenvalue weighted by atomic mass is 16.6. The normalized spacial score (nSPS) is 23.5.